The van der Waals surface area contributed by atoms with E-state index < -0.39 is 13.0 Å². The number of halogens is 2. The highest BCUT2D eigenvalue weighted by molar-refractivity contribution is 5.92. The molecule has 0 aliphatic carbocycles. The third kappa shape index (κ3) is 4.27. The Kier molecular flexibility index (Phi) is 5.73. The summed E-state index contributed by atoms with van der Waals surface area (Å²) >= 11 is 0. The first-order valence-electron chi connectivity index (χ1n) is 7.57. The molecule has 2 rings (SSSR count). The van der Waals surface area contributed by atoms with Gasteiger partial charge in [-0.25, -0.2) is 8.78 Å². The molecule has 1 aliphatic rings. The van der Waals surface area contributed by atoms with Crippen molar-refractivity contribution in [1.29, 1.82) is 0 Å². The van der Waals surface area contributed by atoms with Gasteiger partial charge in [-0.1, -0.05) is 6.92 Å². The van der Waals surface area contributed by atoms with Crippen LogP contribution in [0.25, 0.3) is 0 Å². The Morgan fingerprint density at radius 1 is 1.57 bits per heavy atom. The number of nitrogens with zero attached hydrogens (tertiary/aromatic N) is 2. The standard InChI is InChI=1S/C15H23F2N3O/c1-2-8-20(10-12-5-3-7-18-12)15(21)13-6-4-9-19(13)11-14(16)17/h4,6,9,12,14,18H,2-3,5,7-8,10-11H2,1H3. The van der Waals surface area contributed by atoms with E-state index in [-0.39, 0.29) is 5.91 Å². The number of carbonyl (C=O) groups excluding carboxylic acids is 1. The van der Waals surface area contributed by atoms with Crippen molar-refractivity contribution in [1.82, 2.24) is 14.8 Å². The molecule has 21 heavy (non-hydrogen) atoms. The van der Waals surface area contributed by atoms with Crippen molar-refractivity contribution in [2.24, 2.45) is 0 Å². The number of alkyl halides is 2. The summed E-state index contributed by atoms with van der Waals surface area (Å²) < 4.78 is 26.5. The summed E-state index contributed by atoms with van der Waals surface area (Å²) in [5.74, 6) is -0.156. The first-order chi connectivity index (χ1) is 10.1. The Hall–Kier alpha value is -1.43. The zero-order valence-corrected chi connectivity index (χ0v) is 12.4. The Bertz CT molecular complexity index is 456. The van der Waals surface area contributed by atoms with Gasteiger partial charge in [0, 0.05) is 25.3 Å². The molecule has 6 heteroatoms. The fraction of sp³-hybridized carbons (Fsp3) is 0.667. The third-order valence-corrected chi connectivity index (χ3v) is 3.77. The summed E-state index contributed by atoms with van der Waals surface area (Å²) in [6.07, 6.45) is 2.12. The highest BCUT2D eigenvalue weighted by Crippen LogP contribution is 2.13. The first kappa shape index (κ1) is 15.9. The van der Waals surface area contributed by atoms with E-state index in [1.165, 1.54) is 10.8 Å². The lowest BCUT2D eigenvalue weighted by atomic mass is 10.2. The van der Waals surface area contributed by atoms with Crippen molar-refractivity contribution in [2.75, 3.05) is 19.6 Å². The van der Waals surface area contributed by atoms with E-state index in [0.717, 1.165) is 25.8 Å². The summed E-state index contributed by atoms with van der Waals surface area (Å²) in [5, 5.41) is 3.37. The number of aromatic nitrogens is 1. The van der Waals surface area contributed by atoms with Gasteiger partial charge in [0.05, 0.1) is 6.54 Å². The van der Waals surface area contributed by atoms with Gasteiger partial charge in [-0.3, -0.25) is 4.79 Å². The van der Waals surface area contributed by atoms with Crippen molar-refractivity contribution in [2.45, 2.75) is 45.2 Å². The molecule has 118 valence electrons. The zero-order valence-electron chi connectivity index (χ0n) is 12.4. The highest BCUT2D eigenvalue weighted by atomic mass is 19.3. The van der Waals surface area contributed by atoms with E-state index in [1.54, 1.807) is 17.0 Å². The fourth-order valence-electron chi connectivity index (χ4n) is 2.80. The monoisotopic (exact) mass is 299 g/mol. The maximum absolute atomic E-state index is 12.6. The van der Waals surface area contributed by atoms with Crippen LogP contribution in [0.1, 0.15) is 36.7 Å². The number of rotatable bonds is 7. The van der Waals surface area contributed by atoms with E-state index in [9.17, 15) is 13.6 Å². The average molecular weight is 299 g/mol. The summed E-state index contributed by atoms with van der Waals surface area (Å²) in [6.45, 7) is 3.86. The number of hydrogen-bond donors (Lipinski definition) is 1. The predicted molar refractivity (Wildman–Crippen MR) is 77.7 cm³/mol. The van der Waals surface area contributed by atoms with Crippen molar-refractivity contribution < 1.29 is 13.6 Å². The molecule has 2 heterocycles. The van der Waals surface area contributed by atoms with Crippen molar-refractivity contribution in [3.63, 3.8) is 0 Å². The van der Waals surface area contributed by atoms with Crippen LogP contribution in [0.2, 0.25) is 0 Å². The molecule has 0 spiro atoms. The summed E-state index contributed by atoms with van der Waals surface area (Å²) in [4.78, 5) is 14.4. The molecule has 1 aromatic heterocycles. The molecule has 1 atom stereocenters. The van der Waals surface area contributed by atoms with Crippen LogP contribution in [-0.4, -0.2) is 47.5 Å². The fourth-order valence-corrected chi connectivity index (χ4v) is 2.80. The molecule has 1 aliphatic heterocycles. The molecule has 1 N–H and O–H groups in total. The molecular formula is C15H23F2N3O. The Morgan fingerprint density at radius 3 is 3.00 bits per heavy atom. The Balaban J connectivity index is 2.08. The van der Waals surface area contributed by atoms with Crippen LogP contribution in [0.15, 0.2) is 18.3 Å². The first-order valence-corrected chi connectivity index (χ1v) is 7.57. The number of carbonyl (C=O) groups is 1. The largest absolute Gasteiger partial charge is 0.338 e. The molecule has 1 amide bonds. The topological polar surface area (TPSA) is 37.3 Å². The quantitative estimate of drug-likeness (QED) is 0.839. The molecule has 0 saturated carbocycles. The minimum atomic E-state index is -2.46. The normalized spacial score (nSPS) is 18.4. The summed E-state index contributed by atoms with van der Waals surface area (Å²) in [7, 11) is 0. The molecule has 1 aromatic rings. The minimum Gasteiger partial charge on any atom is -0.338 e. The van der Waals surface area contributed by atoms with Gasteiger partial charge < -0.3 is 14.8 Å². The Labute approximate surface area is 124 Å². The third-order valence-electron chi connectivity index (χ3n) is 3.77. The summed E-state index contributed by atoms with van der Waals surface area (Å²) in [5.41, 5.74) is 0.349. The van der Waals surface area contributed by atoms with Gasteiger partial charge in [0.25, 0.3) is 12.3 Å². The van der Waals surface area contributed by atoms with Crippen LogP contribution >= 0.6 is 0 Å². The second-order valence-electron chi connectivity index (χ2n) is 5.48. The van der Waals surface area contributed by atoms with Gasteiger partial charge in [0.1, 0.15) is 5.69 Å². The SMILES string of the molecule is CCCN(CC1CCCN1)C(=O)c1cccn1CC(F)F. The van der Waals surface area contributed by atoms with Crippen molar-refractivity contribution in [3.05, 3.63) is 24.0 Å². The molecule has 1 unspecified atom stereocenters. The molecule has 0 radical (unpaired) electrons. The maximum Gasteiger partial charge on any atom is 0.270 e. The predicted octanol–water partition coefficient (Wildman–Crippen LogP) is 2.36. The van der Waals surface area contributed by atoms with Crippen LogP contribution in [0.4, 0.5) is 8.78 Å². The minimum absolute atomic E-state index is 0.156. The van der Waals surface area contributed by atoms with E-state index in [4.69, 9.17) is 0 Å². The Morgan fingerprint density at radius 2 is 2.38 bits per heavy atom. The summed E-state index contributed by atoms with van der Waals surface area (Å²) in [6, 6.07) is 3.59. The molecule has 1 fully saturated rings. The van der Waals surface area contributed by atoms with Gasteiger partial charge >= 0.3 is 0 Å². The van der Waals surface area contributed by atoms with Crippen LogP contribution in [0.3, 0.4) is 0 Å². The number of nitrogens with one attached hydrogen (secondary N) is 1. The molecular weight excluding hydrogens is 276 g/mol. The highest BCUT2D eigenvalue weighted by Gasteiger charge is 2.24. The van der Waals surface area contributed by atoms with Gasteiger partial charge in [0.15, 0.2) is 0 Å². The van der Waals surface area contributed by atoms with Crippen LogP contribution in [-0.2, 0) is 6.54 Å². The van der Waals surface area contributed by atoms with Crippen LogP contribution in [0, 0.1) is 0 Å². The maximum atomic E-state index is 12.6. The van der Waals surface area contributed by atoms with Crippen LogP contribution < -0.4 is 5.32 Å². The average Bonchev–Trinajstić information content (AvgIpc) is 3.08. The van der Waals surface area contributed by atoms with E-state index >= 15 is 0 Å². The van der Waals surface area contributed by atoms with Gasteiger partial charge in [-0.2, -0.15) is 0 Å². The van der Waals surface area contributed by atoms with E-state index in [1.807, 2.05) is 6.92 Å². The van der Waals surface area contributed by atoms with Crippen LogP contribution in [0.5, 0.6) is 0 Å². The van der Waals surface area contributed by atoms with Gasteiger partial charge in [0.2, 0.25) is 0 Å². The molecule has 4 nitrogen and oxygen atoms in total. The second kappa shape index (κ2) is 7.54. The van der Waals surface area contributed by atoms with Gasteiger partial charge in [-0.15, -0.1) is 0 Å². The van der Waals surface area contributed by atoms with Gasteiger partial charge in [-0.05, 0) is 37.9 Å². The zero-order chi connectivity index (χ0) is 15.2. The van der Waals surface area contributed by atoms with Crippen molar-refractivity contribution in [3.8, 4) is 0 Å². The molecule has 1 saturated heterocycles. The number of hydrogen-bond acceptors (Lipinski definition) is 2. The van der Waals surface area contributed by atoms with Crippen molar-refractivity contribution >= 4 is 5.91 Å². The molecule has 0 aromatic carbocycles. The van der Waals surface area contributed by atoms with E-state index in [0.29, 0.717) is 24.8 Å². The second-order valence-corrected chi connectivity index (χ2v) is 5.48. The number of amides is 1. The smallest absolute Gasteiger partial charge is 0.270 e. The lowest BCUT2D eigenvalue weighted by Gasteiger charge is -2.26. The molecule has 0 bridgehead atoms. The van der Waals surface area contributed by atoms with E-state index in [2.05, 4.69) is 5.32 Å². The lowest BCUT2D eigenvalue weighted by Crippen LogP contribution is -2.42. The lowest BCUT2D eigenvalue weighted by molar-refractivity contribution is 0.0721.